The third kappa shape index (κ3) is 11.2. The largest absolute Gasteiger partial charge is 1.00 e. The Labute approximate surface area is 274 Å². The molecule has 0 fully saturated rings. The summed E-state index contributed by atoms with van der Waals surface area (Å²) in [6.07, 6.45) is 0.931. The van der Waals surface area contributed by atoms with Gasteiger partial charge >= 0.3 is 0 Å². The smallest absolute Gasteiger partial charge is 0 e. The zero-order valence-corrected chi connectivity index (χ0v) is 30.8. The molecule has 0 amide bonds. The standard InChI is InChI=1S/C29H45P.C8H10N.ClH.Pd/c1-19(2)22-17-24(20(3)4)27(25(18-22)21(5)6)23-15-13-14-16-26(23)30(28(7,8)9)29(10,11)12;9-7-6-8-4-2-1-3-5-8;;/h13-21H,1-12H3;1-4H,6-7,9H2;1H;/p-1. The fourth-order valence-electron chi connectivity index (χ4n) is 5.62. The second-order valence-corrected chi connectivity index (χ2v) is 17.5. The van der Waals surface area contributed by atoms with E-state index in [1.165, 1.54) is 33.4 Å². The van der Waals surface area contributed by atoms with E-state index in [1.807, 2.05) is 24.3 Å². The van der Waals surface area contributed by atoms with Gasteiger partial charge in [0, 0.05) is 20.4 Å². The Hall–Kier alpha value is -0.998. The van der Waals surface area contributed by atoms with Gasteiger partial charge in [-0.3, -0.25) is 0 Å². The van der Waals surface area contributed by atoms with Crippen molar-refractivity contribution in [2.24, 2.45) is 5.73 Å². The molecule has 0 atom stereocenters. The number of hydrogen-bond donors (Lipinski definition) is 1. The van der Waals surface area contributed by atoms with Gasteiger partial charge in [0.25, 0.3) is 0 Å². The molecule has 0 aliphatic rings. The molecule has 3 rings (SSSR count). The topological polar surface area (TPSA) is 26.0 Å². The molecule has 0 saturated carbocycles. The van der Waals surface area contributed by atoms with Gasteiger partial charge in [0.2, 0.25) is 0 Å². The van der Waals surface area contributed by atoms with Crippen molar-refractivity contribution in [3.8, 4) is 11.1 Å². The molecule has 4 heteroatoms. The number of hydrogen-bond acceptors (Lipinski definition) is 1. The Bertz CT molecular complexity index is 1130. The van der Waals surface area contributed by atoms with Gasteiger partial charge in [-0.15, -0.1) is 0 Å². The van der Waals surface area contributed by atoms with E-state index >= 15 is 0 Å². The van der Waals surface area contributed by atoms with Crippen LogP contribution in [0.4, 0.5) is 0 Å². The van der Waals surface area contributed by atoms with Crippen LogP contribution in [0.25, 0.3) is 11.1 Å². The molecule has 0 saturated heterocycles. The summed E-state index contributed by atoms with van der Waals surface area (Å²) in [4.78, 5) is 0. The van der Waals surface area contributed by atoms with E-state index in [1.54, 1.807) is 5.30 Å². The molecule has 1 radical (unpaired) electrons. The number of rotatable bonds is 7. The zero-order chi connectivity index (χ0) is 29.5. The van der Waals surface area contributed by atoms with E-state index in [-0.39, 0.29) is 51.1 Å². The molecule has 0 bridgehead atoms. The molecular formula is C37H55ClNPPd-. The van der Waals surface area contributed by atoms with Crippen LogP contribution in [0.5, 0.6) is 0 Å². The third-order valence-corrected chi connectivity index (χ3v) is 10.6. The maximum Gasteiger partial charge on any atom is 0 e. The monoisotopic (exact) mass is 685 g/mol. The molecule has 231 valence electrons. The van der Waals surface area contributed by atoms with Gasteiger partial charge in [0.15, 0.2) is 0 Å². The number of nitrogens with two attached hydrogens (primary N) is 1. The number of benzene rings is 3. The van der Waals surface area contributed by atoms with Crippen molar-refractivity contribution in [1.29, 1.82) is 0 Å². The normalized spacial score (nSPS) is 11.7. The minimum Gasteiger partial charge on any atom is -1.00 e. The van der Waals surface area contributed by atoms with Crippen LogP contribution in [-0.2, 0) is 26.8 Å². The first-order chi connectivity index (χ1) is 18.1. The second-order valence-electron chi connectivity index (χ2n) is 13.7. The van der Waals surface area contributed by atoms with Gasteiger partial charge in [0.1, 0.15) is 0 Å². The summed E-state index contributed by atoms with van der Waals surface area (Å²) in [5, 5.41) is 2.06. The van der Waals surface area contributed by atoms with Crippen LogP contribution >= 0.6 is 7.92 Å². The van der Waals surface area contributed by atoms with E-state index in [9.17, 15) is 0 Å². The van der Waals surface area contributed by atoms with Crippen molar-refractivity contribution >= 4 is 13.2 Å². The fraction of sp³-hybridized carbons (Fsp3) is 0.514. The minimum atomic E-state index is -0.366. The van der Waals surface area contributed by atoms with E-state index < -0.39 is 0 Å². The summed E-state index contributed by atoms with van der Waals surface area (Å²) in [5.41, 5.74) is 14.0. The Morgan fingerprint density at radius 1 is 0.732 bits per heavy atom. The molecule has 0 aliphatic heterocycles. The van der Waals surface area contributed by atoms with E-state index in [2.05, 4.69) is 126 Å². The summed E-state index contributed by atoms with van der Waals surface area (Å²) in [7, 11) is -0.366. The third-order valence-electron chi connectivity index (χ3n) is 7.08. The first-order valence-corrected chi connectivity index (χ1v) is 16.2. The van der Waals surface area contributed by atoms with Gasteiger partial charge in [-0.05, 0) is 85.8 Å². The molecule has 0 aromatic heterocycles. The second kappa shape index (κ2) is 17.3. The van der Waals surface area contributed by atoms with Crippen LogP contribution in [0.15, 0.2) is 60.7 Å². The van der Waals surface area contributed by atoms with Crippen LogP contribution in [0, 0.1) is 6.07 Å². The van der Waals surface area contributed by atoms with Crippen LogP contribution in [-0.4, -0.2) is 16.9 Å². The summed E-state index contributed by atoms with van der Waals surface area (Å²) < 4.78 is 0. The fourth-order valence-corrected chi connectivity index (χ4v) is 9.74. The molecule has 41 heavy (non-hydrogen) atoms. The molecule has 0 unspecified atom stereocenters. The van der Waals surface area contributed by atoms with Crippen LogP contribution in [0.2, 0.25) is 0 Å². The van der Waals surface area contributed by atoms with Crippen molar-refractivity contribution in [3.63, 3.8) is 0 Å². The summed E-state index contributed by atoms with van der Waals surface area (Å²) >= 11 is 0. The Morgan fingerprint density at radius 3 is 1.61 bits per heavy atom. The van der Waals surface area contributed by atoms with Crippen molar-refractivity contribution in [3.05, 3.63) is 89.0 Å². The molecule has 3 aromatic carbocycles. The Balaban J connectivity index is 0.00000124. The van der Waals surface area contributed by atoms with E-state index in [0.29, 0.717) is 24.3 Å². The Kier molecular flexibility index (Phi) is 16.9. The van der Waals surface area contributed by atoms with Crippen LogP contribution in [0.3, 0.4) is 0 Å². The molecule has 0 spiro atoms. The van der Waals surface area contributed by atoms with Gasteiger partial charge < -0.3 is 18.1 Å². The summed E-state index contributed by atoms with van der Waals surface area (Å²) in [6.45, 7) is 29.3. The first kappa shape index (κ1) is 40.0. The van der Waals surface area contributed by atoms with Crippen molar-refractivity contribution in [2.75, 3.05) is 6.54 Å². The van der Waals surface area contributed by atoms with E-state index in [0.717, 1.165) is 6.42 Å². The van der Waals surface area contributed by atoms with Crippen molar-refractivity contribution in [1.82, 2.24) is 0 Å². The maximum atomic E-state index is 5.34. The van der Waals surface area contributed by atoms with Gasteiger partial charge in [-0.1, -0.05) is 152 Å². The van der Waals surface area contributed by atoms with Gasteiger partial charge in [-0.25, -0.2) is 0 Å². The van der Waals surface area contributed by atoms with Crippen molar-refractivity contribution < 1.29 is 32.8 Å². The zero-order valence-electron chi connectivity index (χ0n) is 27.6. The SMILES string of the molecule is CC(C)c1cc(C(C)C)c(-c2ccccc2P(C(C)(C)C)C(C)(C)C)c(C(C)C)c1.NCCc1[c]cccc1.[Cl-].[Pd]. The molecule has 3 aromatic rings. The quantitative estimate of drug-likeness (QED) is 0.203. The Morgan fingerprint density at radius 2 is 1.22 bits per heavy atom. The van der Waals surface area contributed by atoms with Crippen LogP contribution in [0.1, 0.15) is 123 Å². The first-order valence-electron chi connectivity index (χ1n) is 14.8. The summed E-state index contributed by atoms with van der Waals surface area (Å²) in [5.74, 6) is 1.55. The average molecular weight is 687 g/mol. The average Bonchev–Trinajstić information content (AvgIpc) is 2.83. The molecule has 2 N–H and O–H groups in total. The van der Waals surface area contributed by atoms with Crippen molar-refractivity contribution in [2.45, 2.75) is 118 Å². The van der Waals surface area contributed by atoms with Crippen LogP contribution < -0.4 is 23.4 Å². The van der Waals surface area contributed by atoms with Gasteiger partial charge in [-0.2, -0.15) is 0 Å². The predicted octanol–water partition coefficient (Wildman–Crippen LogP) is 7.42. The molecule has 0 heterocycles. The minimum absolute atomic E-state index is 0. The predicted molar refractivity (Wildman–Crippen MR) is 178 cm³/mol. The molecule has 0 aliphatic carbocycles. The number of halogens is 1. The van der Waals surface area contributed by atoms with E-state index in [4.69, 9.17) is 5.73 Å². The molecule has 1 nitrogen and oxygen atoms in total. The maximum absolute atomic E-state index is 5.34. The summed E-state index contributed by atoms with van der Waals surface area (Å²) in [6, 6.07) is 25.3. The van der Waals surface area contributed by atoms with Gasteiger partial charge in [0.05, 0.1) is 0 Å². The molecular weight excluding hydrogens is 631 g/mol.